The Hall–Kier alpha value is -1.45. The van der Waals surface area contributed by atoms with E-state index in [0.717, 1.165) is 31.6 Å². The van der Waals surface area contributed by atoms with E-state index in [1.807, 2.05) is 11.8 Å². The molecular weight excluding hydrogens is 178 g/mol. The van der Waals surface area contributed by atoms with Crippen molar-refractivity contribution in [2.75, 3.05) is 13.1 Å². The number of carbonyl (C=O) groups excluding carboxylic acids is 1. The second kappa shape index (κ2) is 3.74. The van der Waals surface area contributed by atoms with Gasteiger partial charge in [-0.25, -0.2) is 4.98 Å². The van der Waals surface area contributed by atoms with Crippen molar-refractivity contribution in [1.82, 2.24) is 14.9 Å². The van der Waals surface area contributed by atoms with Crippen molar-refractivity contribution in [3.63, 3.8) is 0 Å². The molecule has 0 radical (unpaired) electrons. The lowest BCUT2D eigenvalue weighted by molar-refractivity contribution is 0.0786. The van der Waals surface area contributed by atoms with Crippen LogP contribution >= 0.6 is 0 Å². The summed E-state index contributed by atoms with van der Waals surface area (Å²) in [6.07, 6.45) is 5.38. The van der Waals surface area contributed by atoms with Crippen molar-refractivity contribution in [2.24, 2.45) is 0 Å². The summed E-state index contributed by atoms with van der Waals surface area (Å²) in [5.74, 6) is 0.00926. The van der Waals surface area contributed by atoms with Gasteiger partial charge in [-0.3, -0.25) is 9.78 Å². The third-order valence-corrected chi connectivity index (χ3v) is 2.39. The van der Waals surface area contributed by atoms with Gasteiger partial charge in [-0.05, 0) is 19.8 Å². The summed E-state index contributed by atoms with van der Waals surface area (Å²) >= 11 is 0. The second-order valence-corrected chi connectivity index (χ2v) is 3.54. The molecule has 14 heavy (non-hydrogen) atoms. The van der Waals surface area contributed by atoms with Gasteiger partial charge in [-0.2, -0.15) is 0 Å². The van der Waals surface area contributed by atoms with Crippen LogP contribution in [-0.2, 0) is 0 Å². The zero-order valence-corrected chi connectivity index (χ0v) is 8.23. The Bertz CT molecular complexity index is 328. The molecule has 4 heteroatoms. The number of nitrogens with zero attached hydrogens (tertiary/aromatic N) is 3. The van der Waals surface area contributed by atoms with Gasteiger partial charge in [0.05, 0.1) is 11.9 Å². The van der Waals surface area contributed by atoms with Gasteiger partial charge in [0.1, 0.15) is 5.69 Å². The van der Waals surface area contributed by atoms with E-state index in [4.69, 9.17) is 0 Å². The minimum Gasteiger partial charge on any atom is -0.337 e. The Morgan fingerprint density at radius 3 is 2.57 bits per heavy atom. The number of amides is 1. The maximum atomic E-state index is 11.8. The molecule has 1 fully saturated rings. The molecule has 0 saturated carbocycles. The zero-order chi connectivity index (χ0) is 9.97. The molecule has 1 amide bonds. The minimum atomic E-state index is 0.00926. The van der Waals surface area contributed by atoms with Crippen LogP contribution in [0.4, 0.5) is 0 Å². The van der Waals surface area contributed by atoms with Crippen molar-refractivity contribution >= 4 is 5.91 Å². The quantitative estimate of drug-likeness (QED) is 0.665. The Morgan fingerprint density at radius 2 is 2.00 bits per heavy atom. The molecule has 4 nitrogen and oxygen atoms in total. The Morgan fingerprint density at radius 1 is 1.29 bits per heavy atom. The maximum Gasteiger partial charge on any atom is 0.274 e. The van der Waals surface area contributed by atoms with Crippen molar-refractivity contribution in [3.05, 3.63) is 23.8 Å². The normalized spacial score (nSPS) is 15.9. The fourth-order valence-electron chi connectivity index (χ4n) is 1.59. The predicted molar refractivity (Wildman–Crippen MR) is 51.9 cm³/mol. The van der Waals surface area contributed by atoms with E-state index >= 15 is 0 Å². The van der Waals surface area contributed by atoms with E-state index in [-0.39, 0.29) is 5.91 Å². The third kappa shape index (κ3) is 1.73. The lowest BCUT2D eigenvalue weighted by atomic mass is 10.3. The summed E-state index contributed by atoms with van der Waals surface area (Å²) < 4.78 is 0. The first-order chi connectivity index (χ1) is 6.77. The fourth-order valence-corrected chi connectivity index (χ4v) is 1.59. The maximum absolute atomic E-state index is 11.8. The van der Waals surface area contributed by atoms with E-state index < -0.39 is 0 Å². The SMILES string of the molecule is Cc1cnc(C(=O)N2CCCC2)cn1. The molecule has 0 aromatic carbocycles. The largest absolute Gasteiger partial charge is 0.337 e. The molecule has 0 unspecified atom stereocenters. The van der Waals surface area contributed by atoms with E-state index in [2.05, 4.69) is 9.97 Å². The van der Waals surface area contributed by atoms with E-state index in [1.54, 1.807) is 12.4 Å². The van der Waals surface area contributed by atoms with Crippen LogP contribution in [-0.4, -0.2) is 33.9 Å². The number of aryl methyl sites for hydroxylation is 1. The lowest BCUT2D eigenvalue weighted by Crippen LogP contribution is -2.28. The molecule has 2 rings (SSSR count). The topological polar surface area (TPSA) is 46.1 Å². The van der Waals surface area contributed by atoms with Crippen LogP contribution in [0.15, 0.2) is 12.4 Å². The van der Waals surface area contributed by atoms with Crippen LogP contribution < -0.4 is 0 Å². The lowest BCUT2D eigenvalue weighted by Gasteiger charge is -2.13. The monoisotopic (exact) mass is 191 g/mol. The second-order valence-electron chi connectivity index (χ2n) is 3.54. The van der Waals surface area contributed by atoms with Crippen LogP contribution in [0.2, 0.25) is 0 Å². The van der Waals surface area contributed by atoms with Gasteiger partial charge in [0, 0.05) is 19.3 Å². The highest BCUT2D eigenvalue weighted by Crippen LogP contribution is 2.10. The van der Waals surface area contributed by atoms with Crippen LogP contribution in [0.25, 0.3) is 0 Å². The summed E-state index contributed by atoms with van der Waals surface area (Å²) in [6, 6.07) is 0. The van der Waals surface area contributed by atoms with Gasteiger partial charge in [-0.15, -0.1) is 0 Å². The standard InChI is InChI=1S/C10H13N3O/c1-8-6-12-9(7-11-8)10(14)13-4-2-3-5-13/h6-7H,2-5H2,1H3. The number of carbonyl (C=O) groups is 1. The Kier molecular flexibility index (Phi) is 2.43. The van der Waals surface area contributed by atoms with Gasteiger partial charge >= 0.3 is 0 Å². The number of hydrogen-bond donors (Lipinski definition) is 0. The summed E-state index contributed by atoms with van der Waals surface area (Å²) in [7, 11) is 0. The van der Waals surface area contributed by atoms with E-state index in [1.165, 1.54) is 0 Å². The zero-order valence-electron chi connectivity index (χ0n) is 8.23. The van der Waals surface area contributed by atoms with Crippen molar-refractivity contribution in [2.45, 2.75) is 19.8 Å². The molecule has 1 aliphatic heterocycles. The molecule has 0 bridgehead atoms. The van der Waals surface area contributed by atoms with E-state index in [9.17, 15) is 4.79 Å². The smallest absolute Gasteiger partial charge is 0.274 e. The Balaban J connectivity index is 2.14. The van der Waals surface area contributed by atoms with Crippen molar-refractivity contribution < 1.29 is 4.79 Å². The third-order valence-electron chi connectivity index (χ3n) is 2.39. The molecule has 0 atom stereocenters. The Labute approximate surface area is 83.0 Å². The first kappa shape index (κ1) is 9.12. The van der Waals surface area contributed by atoms with Crippen LogP contribution in [0, 0.1) is 6.92 Å². The fraction of sp³-hybridized carbons (Fsp3) is 0.500. The summed E-state index contributed by atoms with van der Waals surface area (Å²) in [6.45, 7) is 3.57. The van der Waals surface area contributed by atoms with Crippen molar-refractivity contribution in [3.8, 4) is 0 Å². The molecule has 0 spiro atoms. The van der Waals surface area contributed by atoms with E-state index in [0.29, 0.717) is 5.69 Å². The summed E-state index contributed by atoms with van der Waals surface area (Å²) in [5, 5.41) is 0. The van der Waals surface area contributed by atoms with Crippen molar-refractivity contribution in [1.29, 1.82) is 0 Å². The molecule has 1 aromatic heterocycles. The summed E-state index contributed by atoms with van der Waals surface area (Å²) in [5.41, 5.74) is 1.29. The molecular formula is C10H13N3O. The molecule has 1 saturated heterocycles. The molecule has 1 aromatic rings. The molecule has 0 aliphatic carbocycles. The van der Waals surface area contributed by atoms with Crippen LogP contribution in [0.1, 0.15) is 29.0 Å². The van der Waals surface area contributed by atoms with Gasteiger partial charge in [0.15, 0.2) is 0 Å². The molecule has 0 N–H and O–H groups in total. The van der Waals surface area contributed by atoms with Crippen LogP contribution in [0.3, 0.4) is 0 Å². The molecule has 1 aliphatic rings. The van der Waals surface area contributed by atoms with Gasteiger partial charge in [-0.1, -0.05) is 0 Å². The van der Waals surface area contributed by atoms with Crippen LogP contribution in [0.5, 0.6) is 0 Å². The first-order valence-electron chi connectivity index (χ1n) is 4.85. The van der Waals surface area contributed by atoms with Gasteiger partial charge in [0.2, 0.25) is 0 Å². The number of likely N-dealkylation sites (tertiary alicyclic amines) is 1. The van der Waals surface area contributed by atoms with Gasteiger partial charge < -0.3 is 4.90 Å². The number of aromatic nitrogens is 2. The highest BCUT2D eigenvalue weighted by molar-refractivity contribution is 5.92. The minimum absolute atomic E-state index is 0.00926. The molecule has 2 heterocycles. The average molecular weight is 191 g/mol. The molecule has 74 valence electrons. The highest BCUT2D eigenvalue weighted by atomic mass is 16.2. The average Bonchev–Trinajstić information content (AvgIpc) is 2.71. The summed E-state index contributed by atoms with van der Waals surface area (Å²) in [4.78, 5) is 21.7. The number of rotatable bonds is 1. The van der Waals surface area contributed by atoms with Gasteiger partial charge in [0.25, 0.3) is 5.91 Å². The predicted octanol–water partition coefficient (Wildman–Crippen LogP) is 1.02. The highest BCUT2D eigenvalue weighted by Gasteiger charge is 2.20. The number of hydrogen-bond acceptors (Lipinski definition) is 3. The first-order valence-corrected chi connectivity index (χ1v) is 4.85.